The fourth-order valence-corrected chi connectivity index (χ4v) is 1.46. The fraction of sp³-hybridized carbons (Fsp3) is 0.333. The number of alkyl halides is 3. The molecule has 92 valence electrons. The minimum atomic E-state index is -4.47. The maximum absolute atomic E-state index is 12.8. The number of halogens is 3. The molecule has 0 aliphatic carbocycles. The van der Waals surface area contributed by atoms with Crippen LogP contribution in [0.15, 0.2) is 18.2 Å². The Labute approximate surface area is 97.7 Å². The lowest BCUT2D eigenvalue weighted by Crippen LogP contribution is -2.21. The van der Waals surface area contributed by atoms with Gasteiger partial charge in [0.05, 0.1) is 18.7 Å². The van der Waals surface area contributed by atoms with Gasteiger partial charge >= 0.3 is 6.18 Å². The second-order valence-corrected chi connectivity index (χ2v) is 3.57. The third-order valence-corrected chi connectivity index (χ3v) is 2.29. The van der Waals surface area contributed by atoms with Crippen molar-refractivity contribution in [3.63, 3.8) is 0 Å². The van der Waals surface area contributed by atoms with Crippen molar-refractivity contribution >= 4 is 5.69 Å². The molecule has 17 heavy (non-hydrogen) atoms. The number of nitrogens with zero attached hydrogens (tertiary/aromatic N) is 1. The van der Waals surface area contributed by atoms with E-state index in [2.05, 4.69) is 5.92 Å². The zero-order valence-corrected chi connectivity index (χ0v) is 9.25. The van der Waals surface area contributed by atoms with Crippen molar-refractivity contribution < 1.29 is 18.3 Å². The lowest BCUT2D eigenvalue weighted by Gasteiger charge is -2.22. The van der Waals surface area contributed by atoms with Crippen LogP contribution in [0.5, 0.6) is 0 Å². The first-order valence-corrected chi connectivity index (χ1v) is 4.85. The number of hydrogen-bond donors (Lipinski definition) is 1. The lowest BCUT2D eigenvalue weighted by atomic mass is 10.1. The van der Waals surface area contributed by atoms with Gasteiger partial charge in [0.2, 0.25) is 0 Å². The van der Waals surface area contributed by atoms with Crippen LogP contribution >= 0.6 is 0 Å². The maximum Gasteiger partial charge on any atom is 0.418 e. The SMILES string of the molecule is C#CCN(C)c1ccc(CO)cc1C(F)(F)F. The number of rotatable bonds is 3. The normalized spacial score (nSPS) is 11.1. The van der Waals surface area contributed by atoms with E-state index in [0.29, 0.717) is 0 Å². The van der Waals surface area contributed by atoms with E-state index in [9.17, 15) is 13.2 Å². The summed E-state index contributed by atoms with van der Waals surface area (Å²) in [5, 5.41) is 8.85. The average Bonchev–Trinajstić information content (AvgIpc) is 2.27. The zero-order valence-electron chi connectivity index (χ0n) is 9.25. The van der Waals surface area contributed by atoms with Gasteiger partial charge in [0.15, 0.2) is 0 Å². The summed E-state index contributed by atoms with van der Waals surface area (Å²) in [6.07, 6.45) is 0.600. The minimum Gasteiger partial charge on any atom is -0.392 e. The van der Waals surface area contributed by atoms with Crippen LogP contribution in [0.2, 0.25) is 0 Å². The highest BCUT2D eigenvalue weighted by atomic mass is 19.4. The third-order valence-electron chi connectivity index (χ3n) is 2.29. The van der Waals surface area contributed by atoms with E-state index in [-0.39, 0.29) is 17.8 Å². The Morgan fingerprint density at radius 1 is 1.41 bits per heavy atom. The van der Waals surface area contributed by atoms with Crippen molar-refractivity contribution in [2.45, 2.75) is 12.8 Å². The molecule has 5 heteroatoms. The van der Waals surface area contributed by atoms with Gasteiger partial charge in [0.25, 0.3) is 0 Å². The molecule has 0 fully saturated rings. The maximum atomic E-state index is 12.8. The van der Waals surface area contributed by atoms with Crippen LogP contribution in [-0.2, 0) is 12.8 Å². The molecule has 0 unspecified atom stereocenters. The van der Waals surface area contributed by atoms with Crippen molar-refractivity contribution in [1.29, 1.82) is 0 Å². The van der Waals surface area contributed by atoms with Crippen LogP contribution in [0.4, 0.5) is 18.9 Å². The van der Waals surface area contributed by atoms with Crippen LogP contribution < -0.4 is 4.90 Å². The van der Waals surface area contributed by atoms with Gasteiger partial charge < -0.3 is 10.0 Å². The Kier molecular flexibility index (Phi) is 4.02. The van der Waals surface area contributed by atoms with Gasteiger partial charge in [-0.15, -0.1) is 6.42 Å². The second kappa shape index (κ2) is 5.11. The van der Waals surface area contributed by atoms with Crippen LogP contribution in [0.3, 0.4) is 0 Å². The molecule has 2 nitrogen and oxygen atoms in total. The van der Waals surface area contributed by atoms with E-state index in [1.165, 1.54) is 24.1 Å². The van der Waals surface area contributed by atoms with Crippen LogP contribution in [0, 0.1) is 12.3 Å². The minimum absolute atomic E-state index is 0.00708. The smallest absolute Gasteiger partial charge is 0.392 e. The second-order valence-electron chi connectivity index (χ2n) is 3.57. The summed E-state index contributed by atoms with van der Waals surface area (Å²) in [7, 11) is 1.49. The molecule has 0 saturated heterocycles. The largest absolute Gasteiger partial charge is 0.418 e. The monoisotopic (exact) mass is 243 g/mol. The fourth-order valence-electron chi connectivity index (χ4n) is 1.46. The van der Waals surface area contributed by atoms with Crippen molar-refractivity contribution in [1.82, 2.24) is 0 Å². The summed E-state index contributed by atoms with van der Waals surface area (Å²) >= 11 is 0. The predicted molar refractivity (Wildman–Crippen MR) is 59.5 cm³/mol. The van der Waals surface area contributed by atoms with Gasteiger partial charge in [-0.2, -0.15) is 13.2 Å². The predicted octanol–water partition coefficient (Wildman–Crippen LogP) is 2.27. The summed E-state index contributed by atoms with van der Waals surface area (Å²) in [6, 6.07) is 3.69. The average molecular weight is 243 g/mol. The summed E-state index contributed by atoms with van der Waals surface area (Å²) in [5.41, 5.74) is -0.565. The van der Waals surface area contributed by atoms with Crippen molar-refractivity contribution in [3.8, 4) is 12.3 Å². The number of aliphatic hydroxyl groups excluding tert-OH is 1. The van der Waals surface area contributed by atoms with Crippen molar-refractivity contribution in [2.24, 2.45) is 0 Å². The van der Waals surface area contributed by atoms with Gasteiger partial charge in [-0.1, -0.05) is 12.0 Å². The highest BCUT2D eigenvalue weighted by Crippen LogP contribution is 2.36. The highest BCUT2D eigenvalue weighted by Gasteiger charge is 2.34. The number of aliphatic hydroxyl groups is 1. The quantitative estimate of drug-likeness (QED) is 0.823. The van der Waals surface area contributed by atoms with E-state index in [4.69, 9.17) is 11.5 Å². The van der Waals surface area contributed by atoms with E-state index >= 15 is 0 Å². The van der Waals surface area contributed by atoms with Crippen LogP contribution in [0.1, 0.15) is 11.1 Å². The standard InChI is InChI=1S/C12H12F3NO/c1-3-6-16(2)11-5-4-9(8-17)7-10(11)12(13,14)15/h1,4-5,7,17H,6,8H2,2H3. The third kappa shape index (κ3) is 3.14. The van der Waals surface area contributed by atoms with Gasteiger partial charge in [0, 0.05) is 12.7 Å². The molecule has 0 aliphatic rings. The molecule has 0 aliphatic heterocycles. The first-order valence-electron chi connectivity index (χ1n) is 4.85. The number of hydrogen-bond acceptors (Lipinski definition) is 2. The zero-order chi connectivity index (χ0) is 13.1. The lowest BCUT2D eigenvalue weighted by molar-refractivity contribution is -0.137. The molecule has 0 radical (unpaired) electrons. The van der Waals surface area contributed by atoms with E-state index in [1.807, 2.05) is 0 Å². The Morgan fingerprint density at radius 3 is 2.53 bits per heavy atom. The molecule has 1 rings (SSSR count). The van der Waals surface area contributed by atoms with Gasteiger partial charge in [-0.3, -0.25) is 0 Å². The Bertz CT molecular complexity index is 434. The molecular formula is C12H12F3NO. The molecule has 0 saturated carbocycles. The van der Waals surface area contributed by atoms with Gasteiger partial charge in [-0.05, 0) is 17.7 Å². The van der Waals surface area contributed by atoms with E-state index in [0.717, 1.165) is 6.07 Å². The molecule has 1 aromatic rings. The Balaban J connectivity index is 3.26. The Hall–Kier alpha value is -1.67. The molecule has 0 amide bonds. The van der Waals surface area contributed by atoms with E-state index < -0.39 is 18.3 Å². The first-order chi connectivity index (χ1) is 7.90. The van der Waals surface area contributed by atoms with Crippen LogP contribution in [-0.4, -0.2) is 18.7 Å². The number of terminal acetylenes is 1. The number of anilines is 1. The topological polar surface area (TPSA) is 23.5 Å². The molecule has 0 spiro atoms. The molecule has 0 aromatic heterocycles. The molecule has 0 bridgehead atoms. The molecular weight excluding hydrogens is 231 g/mol. The molecule has 1 N–H and O–H groups in total. The van der Waals surface area contributed by atoms with Gasteiger partial charge in [-0.25, -0.2) is 0 Å². The summed E-state index contributed by atoms with van der Waals surface area (Å²) in [5.74, 6) is 2.28. The van der Waals surface area contributed by atoms with Crippen LogP contribution in [0.25, 0.3) is 0 Å². The first kappa shape index (κ1) is 13.4. The van der Waals surface area contributed by atoms with Crippen molar-refractivity contribution in [2.75, 3.05) is 18.5 Å². The van der Waals surface area contributed by atoms with Gasteiger partial charge in [0.1, 0.15) is 0 Å². The van der Waals surface area contributed by atoms with E-state index in [1.54, 1.807) is 0 Å². The summed E-state index contributed by atoms with van der Waals surface area (Å²) in [4.78, 5) is 1.34. The highest BCUT2D eigenvalue weighted by molar-refractivity contribution is 5.56. The molecule has 0 heterocycles. The molecule has 0 atom stereocenters. The summed E-state index contributed by atoms with van der Waals surface area (Å²) in [6.45, 7) is -0.343. The molecule has 1 aromatic carbocycles. The Morgan fingerprint density at radius 2 is 2.06 bits per heavy atom. The summed E-state index contributed by atoms with van der Waals surface area (Å²) < 4.78 is 38.4. The van der Waals surface area contributed by atoms with Crippen molar-refractivity contribution in [3.05, 3.63) is 29.3 Å². The number of benzene rings is 1.